The van der Waals surface area contributed by atoms with Gasteiger partial charge in [-0.15, -0.1) is 0 Å². The summed E-state index contributed by atoms with van der Waals surface area (Å²) >= 11 is 0. The first-order valence-corrected chi connectivity index (χ1v) is 9.76. The number of nitrogens with zero attached hydrogens (tertiary/aromatic N) is 1. The molecular formula is C23H13F12N. The Morgan fingerprint density at radius 1 is 0.444 bits per heavy atom. The number of rotatable bonds is 4. The van der Waals surface area contributed by atoms with Gasteiger partial charge in [-0.05, 0) is 42.0 Å². The average molecular weight is 531 g/mol. The predicted octanol–water partition coefficient (Wildman–Crippen LogP) is 9.10. The van der Waals surface area contributed by atoms with Crippen LogP contribution in [0.5, 0.6) is 0 Å². The Morgan fingerprint density at radius 2 is 0.750 bits per heavy atom. The number of benzene rings is 3. The Balaban J connectivity index is 2.34. The lowest BCUT2D eigenvalue weighted by Crippen LogP contribution is -2.21. The van der Waals surface area contributed by atoms with Gasteiger partial charge in [0.05, 0.1) is 22.3 Å². The van der Waals surface area contributed by atoms with Gasteiger partial charge in [0, 0.05) is 17.9 Å². The van der Waals surface area contributed by atoms with Gasteiger partial charge in [0.15, 0.2) is 0 Å². The van der Waals surface area contributed by atoms with E-state index in [4.69, 9.17) is 0 Å². The fourth-order valence-electron chi connectivity index (χ4n) is 3.29. The zero-order valence-electron chi connectivity index (χ0n) is 17.5. The van der Waals surface area contributed by atoms with Crippen LogP contribution in [-0.4, -0.2) is 0 Å². The number of hydrogen-bond donors (Lipinski definition) is 0. The van der Waals surface area contributed by atoms with Gasteiger partial charge in [0.25, 0.3) is 0 Å². The van der Waals surface area contributed by atoms with E-state index in [2.05, 4.69) is 0 Å². The Hall–Kier alpha value is -3.38. The minimum atomic E-state index is -5.29. The zero-order chi connectivity index (χ0) is 27.1. The van der Waals surface area contributed by atoms with Gasteiger partial charge in [-0.2, -0.15) is 52.7 Å². The Labute approximate surface area is 195 Å². The number of halogens is 12. The van der Waals surface area contributed by atoms with E-state index in [-0.39, 0.29) is 42.0 Å². The van der Waals surface area contributed by atoms with Crippen molar-refractivity contribution in [3.8, 4) is 0 Å². The Bertz CT molecular complexity index is 1060. The van der Waals surface area contributed by atoms with Crippen molar-refractivity contribution in [2.24, 2.45) is 0 Å². The summed E-state index contributed by atoms with van der Waals surface area (Å²) in [6, 6.07) is 7.57. The van der Waals surface area contributed by atoms with Gasteiger partial charge >= 0.3 is 24.7 Å². The molecule has 0 bridgehead atoms. The lowest BCUT2D eigenvalue weighted by Gasteiger charge is -2.28. The molecule has 0 amide bonds. The van der Waals surface area contributed by atoms with E-state index in [1.807, 2.05) is 0 Å². The van der Waals surface area contributed by atoms with Crippen LogP contribution in [0, 0.1) is 0 Å². The molecule has 3 aromatic carbocycles. The first kappa shape index (κ1) is 27.2. The van der Waals surface area contributed by atoms with Crippen molar-refractivity contribution in [3.05, 3.63) is 94.5 Å². The van der Waals surface area contributed by atoms with E-state index in [9.17, 15) is 52.7 Å². The summed E-state index contributed by atoms with van der Waals surface area (Å²) in [4.78, 5) is 0.532. The third-order valence-electron chi connectivity index (χ3n) is 4.95. The molecule has 36 heavy (non-hydrogen) atoms. The molecule has 0 saturated heterocycles. The SMILES string of the molecule is FC(F)(F)c1cc(N(Cc2ccccc2)c2cc(C(F)(F)F)cc(C(F)(F)F)c2)cc(C(F)(F)F)c1. The first-order chi connectivity index (χ1) is 16.4. The second-order valence-electron chi connectivity index (χ2n) is 7.60. The van der Waals surface area contributed by atoms with Crippen LogP contribution in [0.1, 0.15) is 27.8 Å². The summed E-state index contributed by atoms with van der Waals surface area (Å²) in [5, 5.41) is 0. The molecule has 0 unspecified atom stereocenters. The molecule has 13 heteroatoms. The van der Waals surface area contributed by atoms with Gasteiger partial charge in [-0.3, -0.25) is 0 Å². The molecular weight excluding hydrogens is 518 g/mol. The van der Waals surface area contributed by atoms with Gasteiger partial charge < -0.3 is 4.90 Å². The predicted molar refractivity (Wildman–Crippen MR) is 105 cm³/mol. The average Bonchev–Trinajstić information content (AvgIpc) is 2.75. The third-order valence-corrected chi connectivity index (χ3v) is 4.95. The molecule has 0 aliphatic carbocycles. The van der Waals surface area contributed by atoms with E-state index in [0.29, 0.717) is 4.90 Å². The van der Waals surface area contributed by atoms with Gasteiger partial charge in [-0.25, -0.2) is 0 Å². The summed E-state index contributed by atoms with van der Waals surface area (Å²) in [5.74, 6) is 0. The lowest BCUT2D eigenvalue weighted by atomic mass is 10.0. The van der Waals surface area contributed by atoms with Crippen LogP contribution in [0.2, 0.25) is 0 Å². The molecule has 3 aromatic rings. The van der Waals surface area contributed by atoms with Crippen LogP contribution in [-0.2, 0) is 31.2 Å². The molecule has 1 nitrogen and oxygen atoms in total. The molecule has 0 aliphatic heterocycles. The highest BCUT2D eigenvalue weighted by Crippen LogP contribution is 2.43. The highest BCUT2D eigenvalue weighted by Gasteiger charge is 2.39. The normalized spacial score (nSPS) is 13.1. The Kier molecular flexibility index (Phi) is 6.99. The fourth-order valence-corrected chi connectivity index (χ4v) is 3.29. The van der Waals surface area contributed by atoms with E-state index >= 15 is 0 Å². The maximum absolute atomic E-state index is 13.4. The number of alkyl halides is 12. The molecule has 3 rings (SSSR count). The smallest absolute Gasteiger partial charge is 0.337 e. The summed E-state index contributed by atoms with van der Waals surface area (Å²) in [7, 11) is 0. The molecule has 0 fully saturated rings. The molecule has 0 heterocycles. The van der Waals surface area contributed by atoms with Crippen molar-refractivity contribution in [1.82, 2.24) is 0 Å². The molecule has 194 valence electrons. The van der Waals surface area contributed by atoms with Crippen LogP contribution in [0.4, 0.5) is 64.1 Å². The molecule has 0 aromatic heterocycles. The van der Waals surface area contributed by atoms with Crippen LogP contribution in [0.15, 0.2) is 66.7 Å². The van der Waals surface area contributed by atoms with E-state index in [1.165, 1.54) is 30.3 Å². The molecule has 0 radical (unpaired) electrons. The summed E-state index contributed by atoms with van der Waals surface area (Å²) in [6.07, 6.45) is -21.2. The van der Waals surface area contributed by atoms with Crippen molar-refractivity contribution in [1.29, 1.82) is 0 Å². The maximum atomic E-state index is 13.4. The first-order valence-electron chi connectivity index (χ1n) is 9.76. The second kappa shape index (κ2) is 9.25. The molecule has 0 atom stereocenters. The summed E-state index contributed by atoms with van der Waals surface area (Å²) < 4.78 is 161. The van der Waals surface area contributed by atoms with Gasteiger partial charge in [0.2, 0.25) is 0 Å². The quantitative estimate of drug-likeness (QED) is 0.304. The summed E-state index contributed by atoms with van der Waals surface area (Å²) in [6.45, 7) is -0.641. The van der Waals surface area contributed by atoms with Crippen LogP contribution in [0.25, 0.3) is 0 Å². The standard InChI is InChI=1S/C23H13F12N/c24-20(25,26)14-6-15(21(27,28)29)9-18(8-14)36(12-13-4-2-1-3-5-13)19-10-16(22(30,31)32)7-17(11-19)23(33,34)35/h1-11H,12H2. The highest BCUT2D eigenvalue weighted by molar-refractivity contribution is 5.67. The monoisotopic (exact) mass is 531 g/mol. The van der Waals surface area contributed by atoms with Crippen molar-refractivity contribution in [2.45, 2.75) is 31.2 Å². The van der Waals surface area contributed by atoms with Crippen LogP contribution in [0.3, 0.4) is 0 Å². The molecule has 0 N–H and O–H groups in total. The second-order valence-corrected chi connectivity index (χ2v) is 7.60. The Morgan fingerprint density at radius 3 is 1.03 bits per heavy atom. The van der Waals surface area contributed by atoms with Crippen molar-refractivity contribution >= 4 is 11.4 Å². The van der Waals surface area contributed by atoms with Gasteiger partial charge in [-0.1, -0.05) is 30.3 Å². The van der Waals surface area contributed by atoms with Crippen LogP contribution < -0.4 is 4.90 Å². The fraction of sp³-hybridized carbons (Fsp3) is 0.217. The van der Waals surface area contributed by atoms with Gasteiger partial charge in [0.1, 0.15) is 0 Å². The number of anilines is 2. The largest absolute Gasteiger partial charge is 0.416 e. The van der Waals surface area contributed by atoms with Crippen molar-refractivity contribution in [2.75, 3.05) is 4.90 Å². The molecule has 0 aliphatic rings. The molecule has 0 saturated carbocycles. The third kappa shape index (κ3) is 6.43. The molecule has 0 spiro atoms. The minimum absolute atomic E-state index is 0.189. The van der Waals surface area contributed by atoms with E-state index in [1.54, 1.807) is 0 Å². The summed E-state index contributed by atoms with van der Waals surface area (Å²) in [5.41, 5.74) is -8.76. The lowest BCUT2D eigenvalue weighted by molar-refractivity contribution is -0.144. The van der Waals surface area contributed by atoms with Crippen molar-refractivity contribution < 1.29 is 52.7 Å². The topological polar surface area (TPSA) is 3.24 Å². The highest BCUT2D eigenvalue weighted by atomic mass is 19.4. The van der Waals surface area contributed by atoms with E-state index < -0.39 is 64.9 Å². The van der Waals surface area contributed by atoms with Crippen LogP contribution >= 0.6 is 0 Å². The number of hydrogen-bond acceptors (Lipinski definition) is 1. The maximum Gasteiger partial charge on any atom is 0.416 e. The minimum Gasteiger partial charge on any atom is -0.337 e. The zero-order valence-corrected chi connectivity index (χ0v) is 17.5. The van der Waals surface area contributed by atoms with Crippen molar-refractivity contribution in [3.63, 3.8) is 0 Å². The van der Waals surface area contributed by atoms with E-state index in [0.717, 1.165) is 0 Å².